The molecule has 0 aromatic heterocycles. The first-order valence-corrected chi connectivity index (χ1v) is 3.49. The summed E-state index contributed by atoms with van der Waals surface area (Å²) in [6.45, 7) is -0.370. The summed E-state index contributed by atoms with van der Waals surface area (Å²) >= 11 is 0. The van der Waals surface area contributed by atoms with Crippen molar-refractivity contribution < 1.29 is 23.4 Å². The molecule has 2 atom stereocenters. The zero-order valence-corrected chi connectivity index (χ0v) is 6.38. The van der Waals surface area contributed by atoms with Gasteiger partial charge >= 0.3 is 6.18 Å². The van der Waals surface area contributed by atoms with Crippen molar-refractivity contribution in [2.24, 2.45) is 5.73 Å². The molecule has 12 heavy (non-hydrogen) atoms. The quantitative estimate of drug-likeness (QED) is 0.580. The Labute approximate surface area is 68.0 Å². The molecule has 0 fully saturated rings. The van der Waals surface area contributed by atoms with Crippen LogP contribution in [-0.2, 0) is 0 Å². The van der Waals surface area contributed by atoms with E-state index in [2.05, 4.69) is 0 Å². The summed E-state index contributed by atoms with van der Waals surface area (Å²) < 4.78 is 35.0. The average molecular weight is 187 g/mol. The highest BCUT2D eigenvalue weighted by Gasteiger charge is 2.37. The van der Waals surface area contributed by atoms with Crippen LogP contribution in [-0.4, -0.2) is 35.1 Å². The van der Waals surface area contributed by atoms with E-state index in [4.69, 9.17) is 15.9 Å². The SMILES string of the molecule is N[C@H](CO)CC[C@H](O)C(F)(F)F. The molecule has 0 aromatic carbocycles. The summed E-state index contributed by atoms with van der Waals surface area (Å²) in [5.41, 5.74) is 5.14. The van der Waals surface area contributed by atoms with Gasteiger partial charge in [0.15, 0.2) is 0 Å². The molecule has 0 aliphatic carbocycles. The normalized spacial score (nSPS) is 17.5. The van der Waals surface area contributed by atoms with Crippen LogP contribution in [0.1, 0.15) is 12.8 Å². The molecule has 0 spiro atoms. The zero-order valence-electron chi connectivity index (χ0n) is 6.38. The van der Waals surface area contributed by atoms with Crippen molar-refractivity contribution in [3.05, 3.63) is 0 Å². The largest absolute Gasteiger partial charge is 0.414 e. The average Bonchev–Trinajstić information content (AvgIpc) is 1.97. The molecule has 0 heterocycles. The van der Waals surface area contributed by atoms with Gasteiger partial charge in [0.1, 0.15) is 6.10 Å². The highest BCUT2D eigenvalue weighted by molar-refractivity contribution is 4.68. The molecular weight excluding hydrogens is 175 g/mol. The first-order chi connectivity index (χ1) is 5.38. The van der Waals surface area contributed by atoms with E-state index in [9.17, 15) is 13.2 Å². The van der Waals surface area contributed by atoms with Crippen LogP contribution in [0.5, 0.6) is 0 Å². The Morgan fingerprint density at radius 1 is 1.25 bits per heavy atom. The summed E-state index contributed by atoms with van der Waals surface area (Å²) in [5.74, 6) is 0. The smallest absolute Gasteiger partial charge is 0.395 e. The van der Waals surface area contributed by atoms with Gasteiger partial charge in [-0.05, 0) is 12.8 Å². The van der Waals surface area contributed by atoms with Crippen molar-refractivity contribution >= 4 is 0 Å². The molecule has 6 heteroatoms. The third-order valence-corrected chi connectivity index (χ3v) is 1.42. The van der Waals surface area contributed by atoms with Gasteiger partial charge in [-0.3, -0.25) is 0 Å². The molecule has 0 aliphatic rings. The lowest BCUT2D eigenvalue weighted by Crippen LogP contribution is -2.32. The molecule has 0 saturated carbocycles. The summed E-state index contributed by atoms with van der Waals surface area (Å²) in [5, 5.41) is 16.8. The standard InChI is InChI=1S/C6H12F3NO2/c7-6(8,9)5(12)2-1-4(10)3-11/h4-5,11-12H,1-3,10H2/t4-,5-/m0/s1. The van der Waals surface area contributed by atoms with Crippen molar-refractivity contribution in [2.75, 3.05) is 6.61 Å². The van der Waals surface area contributed by atoms with Crippen LogP contribution >= 0.6 is 0 Å². The van der Waals surface area contributed by atoms with Gasteiger partial charge in [-0.1, -0.05) is 0 Å². The second kappa shape index (κ2) is 4.64. The second-order valence-corrected chi connectivity index (χ2v) is 2.58. The molecule has 0 unspecified atom stereocenters. The van der Waals surface area contributed by atoms with Crippen molar-refractivity contribution in [3.8, 4) is 0 Å². The van der Waals surface area contributed by atoms with Gasteiger partial charge in [-0.25, -0.2) is 0 Å². The number of halogens is 3. The maximum Gasteiger partial charge on any atom is 0.414 e. The van der Waals surface area contributed by atoms with Crippen LogP contribution in [0.2, 0.25) is 0 Å². The molecule has 0 amide bonds. The fourth-order valence-electron chi connectivity index (χ4n) is 0.627. The summed E-state index contributed by atoms with van der Waals surface area (Å²) in [6, 6.07) is -0.693. The Morgan fingerprint density at radius 3 is 2.08 bits per heavy atom. The molecule has 3 nitrogen and oxygen atoms in total. The van der Waals surface area contributed by atoms with E-state index in [-0.39, 0.29) is 13.0 Å². The first-order valence-electron chi connectivity index (χ1n) is 3.49. The summed E-state index contributed by atoms with van der Waals surface area (Å²) in [7, 11) is 0. The monoisotopic (exact) mass is 187 g/mol. The van der Waals surface area contributed by atoms with Crippen molar-refractivity contribution in [3.63, 3.8) is 0 Å². The van der Waals surface area contributed by atoms with Crippen LogP contribution in [0, 0.1) is 0 Å². The summed E-state index contributed by atoms with van der Waals surface area (Å²) in [6.07, 6.45) is -7.44. The highest BCUT2D eigenvalue weighted by Crippen LogP contribution is 2.23. The number of rotatable bonds is 4. The number of nitrogens with two attached hydrogens (primary N) is 1. The predicted octanol–water partition coefficient (Wildman–Crippen LogP) is 0.00940. The number of hydrogen-bond acceptors (Lipinski definition) is 3. The van der Waals surface area contributed by atoms with Gasteiger partial charge in [0.2, 0.25) is 0 Å². The minimum atomic E-state index is -4.59. The topological polar surface area (TPSA) is 66.5 Å². The van der Waals surface area contributed by atoms with Crippen LogP contribution in [0.15, 0.2) is 0 Å². The van der Waals surface area contributed by atoms with Crippen molar-refractivity contribution in [1.29, 1.82) is 0 Å². The molecule has 0 bridgehead atoms. The van der Waals surface area contributed by atoms with Gasteiger partial charge in [0, 0.05) is 6.04 Å². The molecule has 74 valence electrons. The van der Waals surface area contributed by atoms with E-state index in [1.165, 1.54) is 0 Å². The minimum absolute atomic E-state index is 0.0445. The van der Waals surface area contributed by atoms with E-state index in [0.717, 1.165) is 0 Å². The number of aliphatic hydroxyl groups excluding tert-OH is 2. The summed E-state index contributed by atoms with van der Waals surface area (Å²) in [4.78, 5) is 0. The van der Waals surface area contributed by atoms with Crippen LogP contribution in [0.4, 0.5) is 13.2 Å². The molecular formula is C6H12F3NO2. The van der Waals surface area contributed by atoms with Crippen molar-refractivity contribution in [1.82, 2.24) is 0 Å². The van der Waals surface area contributed by atoms with E-state index >= 15 is 0 Å². The Kier molecular flexibility index (Phi) is 4.51. The Morgan fingerprint density at radius 2 is 1.75 bits per heavy atom. The maximum absolute atomic E-state index is 11.7. The highest BCUT2D eigenvalue weighted by atomic mass is 19.4. The van der Waals surface area contributed by atoms with Crippen molar-refractivity contribution in [2.45, 2.75) is 31.2 Å². The zero-order chi connectivity index (χ0) is 9.78. The molecule has 0 saturated heterocycles. The van der Waals surface area contributed by atoms with Gasteiger partial charge in [-0.15, -0.1) is 0 Å². The molecule has 0 aromatic rings. The number of aliphatic hydroxyl groups is 2. The maximum atomic E-state index is 11.7. The van der Waals surface area contributed by atoms with E-state index in [1.54, 1.807) is 0 Å². The van der Waals surface area contributed by atoms with E-state index < -0.39 is 24.7 Å². The first kappa shape index (κ1) is 11.7. The lowest BCUT2D eigenvalue weighted by molar-refractivity contribution is -0.205. The molecule has 0 aliphatic heterocycles. The van der Waals surface area contributed by atoms with Gasteiger partial charge in [0.25, 0.3) is 0 Å². The van der Waals surface area contributed by atoms with E-state index in [0.29, 0.717) is 0 Å². The lowest BCUT2D eigenvalue weighted by Gasteiger charge is -2.15. The third kappa shape index (κ3) is 4.53. The van der Waals surface area contributed by atoms with Crippen LogP contribution in [0.25, 0.3) is 0 Å². The van der Waals surface area contributed by atoms with Crippen LogP contribution in [0.3, 0.4) is 0 Å². The third-order valence-electron chi connectivity index (χ3n) is 1.42. The molecule has 0 rings (SSSR count). The predicted molar refractivity (Wildman–Crippen MR) is 36.4 cm³/mol. The fraction of sp³-hybridized carbons (Fsp3) is 1.00. The Balaban J connectivity index is 3.64. The van der Waals surface area contributed by atoms with Gasteiger partial charge in [0.05, 0.1) is 6.61 Å². The fourth-order valence-corrected chi connectivity index (χ4v) is 0.627. The number of alkyl halides is 3. The minimum Gasteiger partial charge on any atom is -0.395 e. The number of hydrogen-bond donors (Lipinski definition) is 3. The lowest BCUT2D eigenvalue weighted by atomic mass is 10.1. The second-order valence-electron chi connectivity index (χ2n) is 2.58. The van der Waals surface area contributed by atoms with Crippen LogP contribution < -0.4 is 5.73 Å². The Bertz CT molecular complexity index is 128. The van der Waals surface area contributed by atoms with Gasteiger partial charge < -0.3 is 15.9 Å². The molecule has 4 N–H and O–H groups in total. The van der Waals surface area contributed by atoms with Gasteiger partial charge in [-0.2, -0.15) is 13.2 Å². The molecule has 0 radical (unpaired) electrons. The van der Waals surface area contributed by atoms with E-state index in [1.807, 2.05) is 0 Å². The Hall–Kier alpha value is -0.330.